The summed E-state index contributed by atoms with van der Waals surface area (Å²) in [5.41, 5.74) is 4.20. The molecule has 52 heavy (non-hydrogen) atoms. The molecule has 6 atom stereocenters. The average molecular weight is 699 g/mol. The first kappa shape index (κ1) is 32.7. The number of hydrogen-bond donors (Lipinski definition) is 8. The molecule has 0 amide bonds. The summed E-state index contributed by atoms with van der Waals surface area (Å²) in [5, 5.41) is 85.1. The molecule has 6 unspecified atom stereocenters. The van der Waals surface area contributed by atoms with Crippen LogP contribution in [0.1, 0.15) is 75.0 Å². The van der Waals surface area contributed by atoms with Gasteiger partial charge in [-0.1, -0.05) is 36.4 Å². The van der Waals surface area contributed by atoms with Gasteiger partial charge in [0.1, 0.15) is 57.8 Å². The maximum Gasteiger partial charge on any atom is 0.135 e. The number of aromatic hydroxyl groups is 8. The molecule has 0 spiro atoms. The van der Waals surface area contributed by atoms with Crippen LogP contribution in [-0.2, 0) is 4.74 Å². The maximum atomic E-state index is 11.4. The van der Waals surface area contributed by atoms with Crippen LogP contribution >= 0.6 is 0 Å². The largest absolute Gasteiger partial charge is 0.508 e. The van der Waals surface area contributed by atoms with Crippen LogP contribution in [0.25, 0.3) is 0 Å². The third-order valence-corrected chi connectivity index (χ3v) is 9.95. The van der Waals surface area contributed by atoms with E-state index in [0.29, 0.717) is 44.7 Å². The number of hydrogen-bond acceptors (Lipinski definition) is 10. The third-order valence-electron chi connectivity index (χ3n) is 9.95. The van der Waals surface area contributed by atoms with Crippen molar-refractivity contribution in [2.45, 2.75) is 36.1 Å². The van der Waals surface area contributed by atoms with Gasteiger partial charge >= 0.3 is 0 Å². The predicted octanol–water partition coefficient (Wildman–Crippen LogP) is 7.98. The van der Waals surface area contributed by atoms with Crippen LogP contribution in [0, 0.1) is 0 Å². The van der Waals surface area contributed by atoms with Gasteiger partial charge < -0.3 is 50.3 Å². The Morgan fingerprint density at radius 3 is 1.44 bits per heavy atom. The molecule has 8 N–H and O–H groups in total. The Hall–Kier alpha value is -6.52. The topological polar surface area (TPSA) is 180 Å². The standard InChI is InChI=1S/C42H34O10/c43-26-8-4-21(5-9-26)40-36(24-13-29(46)17-30(47)14-24)38-34(19-33(50)20-35(38)51-40)39-37(25-15-31(48)18-32(49)16-25)42(23-2-1-3-28(45)12-23)52-41(39)22-6-10-27(44)11-7-22/h1-20,36-37,39-50H. The van der Waals surface area contributed by atoms with Crippen molar-refractivity contribution in [1.82, 2.24) is 0 Å². The van der Waals surface area contributed by atoms with Crippen LogP contribution in [0.4, 0.5) is 0 Å². The van der Waals surface area contributed by atoms with Gasteiger partial charge in [-0.15, -0.1) is 0 Å². The zero-order valence-corrected chi connectivity index (χ0v) is 27.4. The summed E-state index contributed by atoms with van der Waals surface area (Å²) >= 11 is 0. The molecule has 262 valence electrons. The second-order valence-corrected chi connectivity index (χ2v) is 13.3. The Kier molecular flexibility index (Phi) is 7.96. The van der Waals surface area contributed by atoms with Gasteiger partial charge in [-0.05, 0) is 100 Å². The number of rotatable bonds is 6. The monoisotopic (exact) mass is 698 g/mol. The molecule has 0 saturated carbocycles. The Balaban J connectivity index is 1.42. The second-order valence-electron chi connectivity index (χ2n) is 13.3. The first-order valence-corrected chi connectivity index (χ1v) is 16.6. The van der Waals surface area contributed by atoms with Crippen molar-refractivity contribution in [3.05, 3.63) is 160 Å². The van der Waals surface area contributed by atoms with Crippen molar-refractivity contribution in [2.75, 3.05) is 0 Å². The molecule has 6 aromatic carbocycles. The average Bonchev–Trinajstić information content (AvgIpc) is 3.68. The minimum Gasteiger partial charge on any atom is -0.508 e. The molecule has 0 aromatic heterocycles. The normalized spacial score (nSPS) is 22.2. The van der Waals surface area contributed by atoms with Crippen molar-refractivity contribution in [1.29, 1.82) is 0 Å². The number of ether oxygens (including phenoxy) is 2. The van der Waals surface area contributed by atoms with Crippen LogP contribution < -0.4 is 4.74 Å². The lowest BCUT2D eigenvalue weighted by atomic mass is 9.71. The zero-order valence-electron chi connectivity index (χ0n) is 27.4. The van der Waals surface area contributed by atoms with Gasteiger partial charge in [0.05, 0.1) is 18.1 Å². The molecule has 10 nitrogen and oxygen atoms in total. The van der Waals surface area contributed by atoms with Gasteiger partial charge in [0.2, 0.25) is 0 Å². The van der Waals surface area contributed by atoms with Crippen molar-refractivity contribution in [3.8, 4) is 51.7 Å². The quantitative estimate of drug-likeness (QED) is 0.0850. The molecular weight excluding hydrogens is 664 g/mol. The van der Waals surface area contributed by atoms with E-state index < -0.39 is 36.1 Å². The van der Waals surface area contributed by atoms with E-state index in [-0.39, 0.29) is 46.0 Å². The minimum atomic E-state index is -0.770. The summed E-state index contributed by atoms with van der Waals surface area (Å²) in [7, 11) is 0. The molecule has 2 aliphatic rings. The van der Waals surface area contributed by atoms with Crippen molar-refractivity contribution < 1.29 is 50.3 Å². The smallest absolute Gasteiger partial charge is 0.135 e. The lowest BCUT2D eigenvalue weighted by molar-refractivity contribution is 0.0365. The summed E-state index contributed by atoms with van der Waals surface area (Å²) in [5.74, 6) is -2.39. The Bertz CT molecular complexity index is 2240. The van der Waals surface area contributed by atoms with E-state index in [0.717, 1.165) is 0 Å². The summed E-state index contributed by atoms with van der Waals surface area (Å²) in [6, 6.07) is 31.4. The van der Waals surface area contributed by atoms with E-state index >= 15 is 0 Å². The first-order valence-electron chi connectivity index (χ1n) is 16.6. The molecule has 0 aliphatic carbocycles. The lowest BCUT2D eigenvalue weighted by Gasteiger charge is -2.29. The summed E-state index contributed by atoms with van der Waals surface area (Å²) in [6.07, 6.45) is -2.27. The minimum absolute atomic E-state index is 0.00961. The van der Waals surface area contributed by atoms with Crippen LogP contribution in [-0.4, -0.2) is 40.9 Å². The summed E-state index contributed by atoms with van der Waals surface area (Å²) in [6.45, 7) is 0. The Morgan fingerprint density at radius 1 is 0.365 bits per heavy atom. The van der Waals surface area contributed by atoms with Gasteiger partial charge in [0.25, 0.3) is 0 Å². The number of phenols is 8. The molecule has 0 bridgehead atoms. The van der Waals surface area contributed by atoms with Gasteiger partial charge in [-0.3, -0.25) is 0 Å². The van der Waals surface area contributed by atoms with Crippen LogP contribution in [0.5, 0.6) is 51.7 Å². The maximum absolute atomic E-state index is 11.4. The summed E-state index contributed by atoms with van der Waals surface area (Å²) in [4.78, 5) is 0. The van der Waals surface area contributed by atoms with Gasteiger partial charge in [-0.25, -0.2) is 0 Å². The van der Waals surface area contributed by atoms with E-state index in [4.69, 9.17) is 9.47 Å². The van der Waals surface area contributed by atoms with Crippen LogP contribution in [0.15, 0.2) is 121 Å². The van der Waals surface area contributed by atoms with Gasteiger partial charge in [-0.2, -0.15) is 0 Å². The molecule has 0 radical (unpaired) electrons. The predicted molar refractivity (Wildman–Crippen MR) is 189 cm³/mol. The molecule has 1 fully saturated rings. The highest BCUT2D eigenvalue weighted by Crippen LogP contribution is 2.63. The highest BCUT2D eigenvalue weighted by Gasteiger charge is 2.51. The highest BCUT2D eigenvalue weighted by molar-refractivity contribution is 5.60. The molecule has 8 rings (SSSR count). The fourth-order valence-corrected chi connectivity index (χ4v) is 7.95. The Morgan fingerprint density at radius 2 is 0.865 bits per heavy atom. The SMILES string of the molecule is Oc1ccc(C2Oc3cc(O)cc(C4C(c5ccc(O)cc5)OC(c5cccc(O)c5)C4c4cc(O)cc(O)c4)c3C2c2cc(O)cc(O)c2)cc1. The van der Waals surface area contributed by atoms with Crippen molar-refractivity contribution >= 4 is 0 Å². The van der Waals surface area contributed by atoms with Crippen LogP contribution in [0.2, 0.25) is 0 Å². The number of benzene rings is 6. The van der Waals surface area contributed by atoms with Crippen molar-refractivity contribution in [2.24, 2.45) is 0 Å². The lowest BCUT2D eigenvalue weighted by Crippen LogP contribution is -2.17. The molecular formula is C42H34O10. The second kappa shape index (κ2) is 12.7. The van der Waals surface area contributed by atoms with Crippen LogP contribution in [0.3, 0.4) is 0 Å². The molecule has 1 saturated heterocycles. The van der Waals surface area contributed by atoms with E-state index in [1.54, 1.807) is 72.8 Å². The first-order chi connectivity index (χ1) is 25.0. The van der Waals surface area contributed by atoms with Gasteiger partial charge in [0.15, 0.2) is 0 Å². The fraction of sp³-hybridized carbons (Fsp3) is 0.143. The molecule has 2 heterocycles. The summed E-state index contributed by atoms with van der Waals surface area (Å²) < 4.78 is 13.6. The molecule has 10 heteroatoms. The van der Waals surface area contributed by atoms with E-state index in [2.05, 4.69) is 0 Å². The highest BCUT2D eigenvalue weighted by atomic mass is 16.5. The molecule has 6 aromatic rings. The number of phenolic OH excluding ortho intramolecular Hbond substituents is 8. The molecule has 2 aliphatic heterocycles. The van der Waals surface area contributed by atoms with Crippen molar-refractivity contribution in [3.63, 3.8) is 0 Å². The third kappa shape index (κ3) is 5.88. The van der Waals surface area contributed by atoms with E-state index in [9.17, 15) is 40.9 Å². The van der Waals surface area contributed by atoms with Gasteiger partial charge in [0, 0.05) is 35.6 Å². The van der Waals surface area contributed by atoms with E-state index in [1.165, 1.54) is 42.5 Å². The van der Waals surface area contributed by atoms with E-state index in [1.807, 2.05) is 6.07 Å². The Labute approximate surface area is 297 Å². The zero-order chi connectivity index (χ0) is 36.3. The number of fused-ring (bicyclic) bond motifs is 1. The fourth-order valence-electron chi connectivity index (χ4n) is 7.95.